The van der Waals surface area contributed by atoms with Gasteiger partial charge in [-0.15, -0.1) is 5.10 Å². The molecule has 17 heavy (non-hydrogen) atoms. The van der Waals surface area contributed by atoms with Gasteiger partial charge in [0.2, 0.25) is 11.1 Å². The number of rotatable bonds is 6. The summed E-state index contributed by atoms with van der Waals surface area (Å²) in [4.78, 5) is 13.6. The maximum absolute atomic E-state index is 11.8. The third kappa shape index (κ3) is 3.69. The van der Waals surface area contributed by atoms with E-state index in [0.29, 0.717) is 10.9 Å². The van der Waals surface area contributed by atoms with Gasteiger partial charge in [-0.2, -0.15) is 0 Å². The molecule has 1 heterocycles. The van der Waals surface area contributed by atoms with Crippen molar-refractivity contribution in [1.29, 1.82) is 0 Å². The Kier molecular flexibility index (Phi) is 5.40. The van der Waals surface area contributed by atoms with Crippen molar-refractivity contribution in [3.8, 4) is 0 Å². The summed E-state index contributed by atoms with van der Waals surface area (Å²) in [6.07, 6.45) is 0. The van der Waals surface area contributed by atoms with Gasteiger partial charge < -0.3 is 4.90 Å². The van der Waals surface area contributed by atoms with Gasteiger partial charge in [0, 0.05) is 13.1 Å². The average molecular weight is 257 g/mol. The van der Waals surface area contributed by atoms with Crippen LogP contribution in [-0.2, 0) is 4.79 Å². The summed E-state index contributed by atoms with van der Waals surface area (Å²) in [6, 6.07) is 0.205. The normalized spacial score (nSPS) is 10.9. The molecule has 6 nitrogen and oxygen atoms in total. The third-order valence-corrected chi connectivity index (χ3v) is 3.31. The van der Waals surface area contributed by atoms with Crippen molar-refractivity contribution >= 4 is 17.7 Å². The van der Waals surface area contributed by atoms with Crippen molar-refractivity contribution in [2.75, 3.05) is 18.8 Å². The lowest BCUT2D eigenvalue weighted by molar-refractivity contribution is -0.127. The maximum Gasteiger partial charge on any atom is 0.233 e. The van der Waals surface area contributed by atoms with Gasteiger partial charge in [-0.05, 0) is 38.1 Å². The van der Waals surface area contributed by atoms with Crippen molar-refractivity contribution in [2.24, 2.45) is 0 Å². The van der Waals surface area contributed by atoms with Crippen LogP contribution in [0, 0.1) is 0 Å². The van der Waals surface area contributed by atoms with Gasteiger partial charge in [0.15, 0.2) is 0 Å². The van der Waals surface area contributed by atoms with E-state index in [1.54, 1.807) is 9.58 Å². The molecule has 1 amide bonds. The van der Waals surface area contributed by atoms with Gasteiger partial charge in [0.05, 0.1) is 11.8 Å². The summed E-state index contributed by atoms with van der Waals surface area (Å²) in [5, 5.41) is 12.1. The SMILES string of the molecule is CCN(CC)C(=O)CSc1nnnn1C(C)C. The minimum absolute atomic E-state index is 0.123. The summed E-state index contributed by atoms with van der Waals surface area (Å²) in [7, 11) is 0. The molecular formula is C10H19N5OS. The summed E-state index contributed by atoms with van der Waals surface area (Å²) < 4.78 is 1.72. The first-order valence-corrected chi connectivity index (χ1v) is 6.77. The highest BCUT2D eigenvalue weighted by Gasteiger charge is 2.14. The smallest absolute Gasteiger partial charge is 0.233 e. The van der Waals surface area contributed by atoms with Crippen molar-refractivity contribution in [2.45, 2.75) is 38.9 Å². The molecule has 0 radical (unpaired) electrons. The summed E-state index contributed by atoms with van der Waals surface area (Å²) in [5.41, 5.74) is 0. The lowest BCUT2D eigenvalue weighted by Gasteiger charge is -2.18. The second-order valence-corrected chi connectivity index (χ2v) is 4.80. The molecule has 0 spiro atoms. The number of aromatic nitrogens is 4. The zero-order valence-corrected chi connectivity index (χ0v) is 11.6. The number of carbonyl (C=O) groups is 1. The molecule has 0 aromatic carbocycles. The van der Waals surface area contributed by atoms with E-state index in [2.05, 4.69) is 15.5 Å². The van der Waals surface area contributed by atoms with Crippen molar-refractivity contribution in [1.82, 2.24) is 25.1 Å². The summed E-state index contributed by atoms with van der Waals surface area (Å²) in [6.45, 7) is 9.45. The minimum atomic E-state index is 0.123. The molecular weight excluding hydrogens is 238 g/mol. The molecule has 96 valence electrons. The maximum atomic E-state index is 11.8. The molecule has 7 heteroatoms. The third-order valence-electron chi connectivity index (χ3n) is 2.39. The molecule has 1 rings (SSSR count). The number of thioether (sulfide) groups is 1. The van der Waals surface area contributed by atoms with Crippen LogP contribution in [0.25, 0.3) is 0 Å². The van der Waals surface area contributed by atoms with Crippen LogP contribution in [0.2, 0.25) is 0 Å². The van der Waals surface area contributed by atoms with Crippen molar-refractivity contribution < 1.29 is 4.79 Å². The number of tetrazole rings is 1. The zero-order chi connectivity index (χ0) is 12.8. The van der Waals surface area contributed by atoms with E-state index < -0.39 is 0 Å². The lowest BCUT2D eigenvalue weighted by atomic mass is 10.4. The fourth-order valence-corrected chi connectivity index (χ4v) is 2.31. The second kappa shape index (κ2) is 6.58. The number of nitrogens with zero attached hydrogens (tertiary/aromatic N) is 5. The molecule has 1 aromatic rings. The van der Waals surface area contributed by atoms with Crippen LogP contribution < -0.4 is 0 Å². The van der Waals surface area contributed by atoms with Gasteiger partial charge in [0.1, 0.15) is 0 Å². The molecule has 0 unspecified atom stereocenters. The molecule has 1 aromatic heterocycles. The summed E-state index contributed by atoms with van der Waals surface area (Å²) >= 11 is 1.38. The molecule has 0 bridgehead atoms. The Labute approximate surface area is 106 Å². The quantitative estimate of drug-likeness (QED) is 0.717. The Morgan fingerprint density at radius 3 is 2.59 bits per heavy atom. The fourth-order valence-electron chi connectivity index (χ4n) is 1.40. The Balaban J connectivity index is 2.55. The molecule has 0 saturated carbocycles. The van der Waals surface area contributed by atoms with Gasteiger partial charge in [0.25, 0.3) is 0 Å². The number of amides is 1. The van der Waals surface area contributed by atoms with Crippen LogP contribution in [0.4, 0.5) is 0 Å². The Morgan fingerprint density at radius 2 is 2.06 bits per heavy atom. The van der Waals surface area contributed by atoms with E-state index in [0.717, 1.165) is 13.1 Å². The lowest BCUT2D eigenvalue weighted by Crippen LogP contribution is -2.32. The highest BCUT2D eigenvalue weighted by molar-refractivity contribution is 7.99. The topological polar surface area (TPSA) is 63.9 Å². The van der Waals surface area contributed by atoms with Gasteiger partial charge in [-0.25, -0.2) is 4.68 Å². The van der Waals surface area contributed by atoms with E-state index in [4.69, 9.17) is 0 Å². The van der Waals surface area contributed by atoms with Crippen LogP contribution in [0.1, 0.15) is 33.7 Å². The Morgan fingerprint density at radius 1 is 1.41 bits per heavy atom. The largest absolute Gasteiger partial charge is 0.343 e. The average Bonchev–Trinajstić information content (AvgIpc) is 2.76. The van der Waals surface area contributed by atoms with Crippen molar-refractivity contribution in [3.63, 3.8) is 0 Å². The monoisotopic (exact) mass is 257 g/mol. The molecule has 0 aliphatic carbocycles. The molecule has 0 N–H and O–H groups in total. The molecule has 0 aliphatic rings. The fraction of sp³-hybridized carbons (Fsp3) is 0.800. The van der Waals surface area contributed by atoms with Gasteiger partial charge in [-0.1, -0.05) is 11.8 Å². The summed E-state index contributed by atoms with van der Waals surface area (Å²) in [5.74, 6) is 0.507. The van der Waals surface area contributed by atoms with Gasteiger partial charge >= 0.3 is 0 Å². The highest BCUT2D eigenvalue weighted by atomic mass is 32.2. The minimum Gasteiger partial charge on any atom is -0.343 e. The molecule has 0 saturated heterocycles. The second-order valence-electron chi connectivity index (χ2n) is 3.85. The van der Waals surface area contributed by atoms with E-state index in [1.807, 2.05) is 27.7 Å². The zero-order valence-electron chi connectivity index (χ0n) is 10.8. The van der Waals surface area contributed by atoms with Crippen LogP contribution in [0.5, 0.6) is 0 Å². The van der Waals surface area contributed by atoms with E-state index in [1.165, 1.54) is 11.8 Å². The van der Waals surface area contributed by atoms with Crippen LogP contribution in [0.3, 0.4) is 0 Å². The predicted molar refractivity (Wildman–Crippen MR) is 66.9 cm³/mol. The molecule has 0 aliphatic heterocycles. The van der Waals surface area contributed by atoms with Crippen molar-refractivity contribution in [3.05, 3.63) is 0 Å². The Bertz CT molecular complexity index is 361. The van der Waals surface area contributed by atoms with Crippen LogP contribution in [0.15, 0.2) is 5.16 Å². The van der Waals surface area contributed by atoms with E-state index in [9.17, 15) is 4.79 Å². The first-order valence-electron chi connectivity index (χ1n) is 5.78. The number of hydrogen-bond donors (Lipinski definition) is 0. The number of hydrogen-bond acceptors (Lipinski definition) is 5. The highest BCUT2D eigenvalue weighted by Crippen LogP contribution is 2.17. The molecule has 0 fully saturated rings. The van der Waals surface area contributed by atoms with Gasteiger partial charge in [-0.3, -0.25) is 4.79 Å². The number of carbonyl (C=O) groups excluding carboxylic acids is 1. The molecule has 0 atom stereocenters. The first-order chi connectivity index (χ1) is 8.10. The van der Waals surface area contributed by atoms with E-state index >= 15 is 0 Å². The predicted octanol–water partition coefficient (Wildman–Crippen LogP) is 1.21. The first kappa shape index (κ1) is 14.0. The van der Waals surface area contributed by atoms with Crippen LogP contribution >= 0.6 is 11.8 Å². The standard InChI is InChI=1S/C10H19N5OS/c1-5-14(6-2)9(16)7-17-10-11-12-13-15(10)8(3)4/h8H,5-7H2,1-4H3. The van der Waals surface area contributed by atoms with E-state index in [-0.39, 0.29) is 11.9 Å². The Hall–Kier alpha value is -1.11. The van der Waals surface area contributed by atoms with Crippen LogP contribution in [-0.4, -0.2) is 49.9 Å².